The monoisotopic (exact) mass is 154 g/mol. The van der Waals surface area contributed by atoms with Crippen molar-refractivity contribution in [2.24, 2.45) is 11.3 Å². The summed E-state index contributed by atoms with van der Waals surface area (Å²) in [6.07, 6.45) is 4.80. The Hall–Kier alpha value is -0.0400. The normalized spacial score (nSPS) is 33.8. The molecule has 11 heavy (non-hydrogen) atoms. The van der Waals surface area contributed by atoms with Crippen LogP contribution in [-0.2, 0) is 0 Å². The molecule has 1 nitrogen and oxygen atoms in total. The first-order chi connectivity index (χ1) is 5.00. The fourth-order valence-electron chi connectivity index (χ4n) is 1.96. The minimum atomic E-state index is 0.244. The summed E-state index contributed by atoms with van der Waals surface area (Å²) in [4.78, 5) is 0. The standard InChI is InChI=1S/C10H20N/c1-10(2,3)8-4-6-9(11)7-5-8/h8-9,11H,4-7H2,1-3H3/t8-,9+. The van der Waals surface area contributed by atoms with Crippen LogP contribution in [0.15, 0.2) is 0 Å². The highest BCUT2D eigenvalue weighted by Gasteiger charge is 2.28. The third kappa shape index (κ3) is 2.48. The first-order valence-electron chi connectivity index (χ1n) is 4.71. The van der Waals surface area contributed by atoms with E-state index in [1.165, 1.54) is 12.8 Å². The van der Waals surface area contributed by atoms with E-state index < -0.39 is 0 Å². The molecule has 0 spiro atoms. The minimum absolute atomic E-state index is 0.244. The molecule has 0 saturated heterocycles. The van der Waals surface area contributed by atoms with Gasteiger partial charge in [0.2, 0.25) is 0 Å². The predicted octanol–water partition coefficient (Wildman–Crippen LogP) is 2.87. The van der Waals surface area contributed by atoms with Gasteiger partial charge in [0.25, 0.3) is 0 Å². The van der Waals surface area contributed by atoms with Crippen molar-refractivity contribution in [2.75, 3.05) is 0 Å². The van der Waals surface area contributed by atoms with Crippen LogP contribution in [0.25, 0.3) is 0 Å². The average molecular weight is 154 g/mol. The predicted molar refractivity (Wildman–Crippen MR) is 48.3 cm³/mol. The Labute approximate surface area is 70.4 Å². The number of nitrogens with one attached hydrogen (secondary N) is 1. The minimum Gasteiger partial charge on any atom is -0.255 e. The molecule has 0 unspecified atom stereocenters. The van der Waals surface area contributed by atoms with Crippen LogP contribution < -0.4 is 5.73 Å². The van der Waals surface area contributed by atoms with Gasteiger partial charge in [0.1, 0.15) is 0 Å². The Balaban J connectivity index is 2.39. The topological polar surface area (TPSA) is 23.8 Å². The van der Waals surface area contributed by atoms with Gasteiger partial charge in [0.05, 0.1) is 0 Å². The van der Waals surface area contributed by atoms with Crippen LogP contribution in [-0.4, -0.2) is 6.04 Å². The van der Waals surface area contributed by atoms with Crippen molar-refractivity contribution in [3.63, 3.8) is 0 Å². The van der Waals surface area contributed by atoms with E-state index >= 15 is 0 Å². The zero-order valence-corrected chi connectivity index (χ0v) is 7.98. The van der Waals surface area contributed by atoms with Crippen LogP contribution in [0.2, 0.25) is 0 Å². The molecule has 0 aliphatic heterocycles. The SMILES string of the molecule is CC(C)(C)[C@H]1CC[C@@H]([NH])CC1. The lowest BCUT2D eigenvalue weighted by molar-refractivity contribution is 0.168. The van der Waals surface area contributed by atoms with E-state index in [-0.39, 0.29) is 6.04 Å². The first kappa shape index (κ1) is 9.05. The van der Waals surface area contributed by atoms with Gasteiger partial charge in [-0.3, -0.25) is 5.73 Å². The third-order valence-electron chi connectivity index (χ3n) is 2.95. The largest absolute Gasteiger partial charge is 0.255 e. The summed E-state index contributed by atoms with van der Waals surface area (Å²) in [7, 11) is 0. The van der Waals surface area contributed by atoms with Crippen molar-refractivity contribution in [2.45, 2.75) is 52.5 Å². The summed E-state index contributed by atoms with van der Waals surface area (Å²) in [5.41, 5.74) is 8.04. The highest BCUT2D eigenvalue weighted by Crippen LogP contribution is 2.37. The molecule has 1 heteroatoms. The summed E-state index contributed by atoms with van der Waals surface area (Å²) < 4.78 is 0. The smallest absolute Gasteiger partial charge is 0.0213 e. The quantitative estimate of drug-likeness (QED) is 0.512. The van der Waals surface area contributed by atoms with Crippen molar-refractivity contribution in [3.8, 4) is 0 Å². The van der Waals surface area contributed by atoms with Crippen LogP contribution in [0.3, 0.4) is 0 Å². The number of hydrogen-bond acceptors (Lipinski definition) is 0. The Morgan fingerprint density at radius 3 is 1.82 bits per heavy atom. The van der Waals surface area contributed by atoms with E-state index in [9.17, 15) is 0 Å². The van der Waals surface area contributed by atoms with Gasteiger partial charge in [0.15, 0.2) is 0 Å². The molecule has 0 bridgehead atoms. The average Bonchev–Trinajstić information content (AvgIpc) is 1.86. The molecule has 1 aliphatic carbocycles. The molecule has 0 aromatic rings. The molecule has 65 valence electrons. The zero-order valence-electron chi connectivity index (χ0n) is 7.98. The summed E-state index contributed by atoms with van der Waals surface area (Å²) in [5.74, 6) is 0.865. The van der Waals surface area contributed by atoms with Crippen molar-refractivity contribution < 1.29 is 0 Å². The molecule has 0 aromatic heterocycles. The number of hydrogen-bond donors (Lipinski definition) is 0. The fraction of sp³-hybridized carbons (Fsp3) is 1.00. The molecule has 1 saturated carbocycles. The van der Waals surface area contributed by atoms with Gasteiger partial charge in [-0.2, -0.15) is 0 Å². The van der Waals surface area contributed by atoms with Gasteiger partial charge in [-0.1, -0.05) is 20.8 Å². The lowest BCUT2D eigenvalue weighted by atomic mass is 9.71. The van der Waals surface area contributed by atoms with E-state index in [0.717, 1.165) is 18.8 Å². The summed E-state index contributed by atoms with van der Waals surface area (Å²) in [6, 6.07) is 0.244. The second-order valence-corrected chi connectivity index (χ2v) is 4.91. The van der Waals surface area contributed by atoms with Crippen LogP contribution >= 0.6 is 0 Å². The van der Waals surface area contributed by atoms with E-state index in [2.05, 4.69) is 20.8 Å². The number of rotatable bonds is 0. The van der Waals surface area contributed by atoms with Gasteiger partial charge in [-0.05, 0) is 37.0 Å². The van der Waals surface area contributed by atoms with E-state index in [4.69, 9.17) is 5.73 Å². The van der Waals surface area contributed by atoms with Gasteiger partial charge in [0, 0.05) is 6.04 Å². The van der Waals surface area contributed by atoms with E-state index in [1.807, 2.05) is 0 Å². The third-order valence-corrected chi connectivity index (χ3v) is 2.95. The molecule has 1 radical (unpaired) electrons. The Morgan fingerprint density at radius 1 is 1.00 bits per heavy atom. The summed E-state index contributed by atoms with van der Waals surface area (Å²) in [6.45, 7) is 6.96. The molecule has 0 atom stereocenters. The highest BCUT2D eigenvalue weighted by molar-refractivity contribution is 4.81. The maximum Gasteiger partial charge on any atom is 0.0213 e. The first-order valence-corrected chi connectivity index (χ1v) is 4.71. The fourth-order valence-corrected chi connectivity index (χ4v) is 1.96. The maximum atomic E-state index is 7.57. The van der Waals surface area contributed by atoms with Crippen LogP contribution in [0.1, 0.15) is 46.5 Å². The lowest BCUT2D eigenvalue weighted by Gasteiger charge is -2.35. The molecule has 0 heterocycles. The molecule has 0 aromatic carbocycles. The molecule has 1 rings (SSSR count). The van der Waals surface area contributed by atoms with Crippen LogP contribution in [0.5, 0.6) is 0 Å². The second kappa shape index (κ2) is 3.14. The van der Waals surface area contributed by atoms with Crippen LogP contribution in [0, 0.1) is 11.3 Å². The van der Waals surface area contributed by atoms with E-state index in [0.29, 0.717) is 5.41 Å². The zero-order chi connectivity index (χ0) is 8.48. The maximum absolute atomic E-state index is 7.57. The molecular formula is C10H20N. The highest BCUT2D eigenvalue weighted by atomic mass is 14.6. The Morgan fingerprint density at radius 2 is 1.45 bits per heavy atom. The van der Waals surface area contributed by atoms with E-state index in [1.54, 1.807) is 0 Å². The van der Waals surface area contributed by atoms with Crippen molar-refractivity contribution in [3.05, 3.63) is 0 Å². The van der Waals surface area contributed by atoms with Crippen molar-refractivity contribution in [1.29, 1.82) is 0 Å². The van der Waals surface area contributed by atoms with Crippen molar-refractivity contribution in [1.82, 2.24) is 5.73 Å². The Bertz CT molecular complexity index is 115. The Kier molecular flexibility index (Phi) is 2.58. The summed E-state index contributed by atoms with van der Waals surface area (Å²) >= 11 is 0. The summed E-state index contributed by atoms with van der Waals surface area (Å²) in [5, 5.41) is 0. The molecule has 1 N–H and O–H groups in total. The molecule has 1 fully saturated rings. The van der Waals surface area contributed by atoms with Gasteiger partial charge in [-0.25, -0.2) is 0 Å². The molecule has 1 aliphatic rings. The van der Waals surface area contributed by atoms with Gasteiger partial charge < -0.3 is 0 Å². The molecular weight excluding hydrogens is 134 g/mol. The van der Waals surface area contributed by atoms with Gasteiger partial charge >= 0.3 is 0 Å². The van der Waals surface area contributed by atoms with Gasteiger partial charge in [-0.15, -0.1) is 0 Å². The molecule has 0 amide bonds. The van der Waals surface area contributed by atoms with Crippen molar-refractivity contribution >= 4 is 0 Å². The van der Waals surface area contributed by atoms with Crippen LogP contribution in [0.4, 0.5) is 0 Å². The lowest BCUT2D eigenvalue weighted by Crippen LogP contribution is -2.28. The second-order valence-electron chi connectivity index (χ2n) is 4.91.